The lowest BCUT2D eigenvalue weighted by molar-refractivity contribution is 0.00606. The first kappa shape index (κ1) is 17.8. The maximum Gasteiger partial charge on any atom is 0.0869 e. The molecule has 2 atom stereocenters. The van der Waals surface area contributed by atoms with Gasteiger partial charge in [-0.25, -0.2) is 0 Å². The zero-order valence-electron chi connectivity index (χ0n) is 13.3. The summed E-state index contributed by atoms with van der Waals surface area (Å²) in [6.07, 6.45) is 0. The van der Waals surface area contributed by atoms with Gasteiger partial charge in [-0.05, 0) is 34.5 Å². The largest absolute Gasteiger partial charge is 0.388 e. The summed E-state index contributed by atoms with van der Waals surface area (Å²) in [5, 5.41) is 13.7. The van der Waals surface area contributed by atoms with Crippen LogP contribution in [0, 0.1) is 0 Å². The summed E-state index contributed by atoms with van der Waals surface area (Å²) in [6, 6.07) is 0.862. The molecule has 110 valence electrons. The van der Waals surface area contributed by atoms with Crippen LogP contribution in [0.15, 0.2) is 0 Å². The predicted octanol–water partition coefficient (Wildman–Crippen LogP) is 1.01. The van der Waals surface area contributed by atoms with Crippen molar-refractivity contribution in [2.75, 3.05) is 40.3 Å². The lowest BCUT2D eigenvalue weighted by Gasteiger charge is -2.36. The maximum absolute atomic E-state index is 10.4. The van der Waals surface area contributed by atoms with E-state index in [1.165, 1.54) is 0 Å². The second-order valence-electron chi connectivity index (χ2n) is 6.21. The third-order valence-electron chi connectivity index (χ3n) is 3.09. The van der Waals surface area contributed by atoms with Gasteiger partial charge >= 0.3 is 0 Å². The summed E-state index contributed by atoms with van der Waals surface area (Å²) < 4.78 is 0. The van der Waals surface area contributed by atoms with Crippen LogP contribution >= 0.6 is 0 Å². The second-order valence-corrected chi connectivity index (χ2v) is 6.21. The number of hydrogen-bond donors (Lipinski definition) is 2. The SMILES string of the molecule is CCN(CC(C)(O)CNC(C)C)C(C)CN(C)C. The van der Waals surface area contributed by atoms with Crippen molar-refractivity contribution in [1.82, 2.24) is 15.1 Å². The van der Waals surface area contributed by atoms with Crippen molar-refractivity contribution in [3.8, 4) is 0 Å². The molecule has 0 aliphatic carbocycles. The van der Waals surface area contributed by atoms with E-state index in [0.29, 0.717) is 25.2 Å². The summed E-state index contributed by atoms with van der Waals surface area (Å²) >= 11 is 0. The Kier molecular flexibility index (Phi) is 8.03. The molecule has 0 heterocycles. The van der Waals surface area contributed by atoms with Crippen molar-refractivity contribution in [1.29, 1.82) is 0 Å². The molecule has 2 unspecified atom stereocenters. The molecule has 0 aromatic rings. The van der Waals surface area contributed by atoms with Gasteiger partial charge < -0.3 is 15.3 Å². The van der Waals surface area contributed by atoms with Crippen LogP contribution < -0.4 is 5.32 Å². The molecule has 2 N–H and O–H groups in total. The molecule has 0 spiro atoms. The molecule has 4 nitrogen and oxygen atoms in total. The molecule has 0 aromatic carbocycles. The minimum absolute atomic E-state index is 0.408. The maximum atomic E-state index is 10.4. The Hall–Kier alpha value is -0.160. The first-order valence-electron chi connectivity index (χ1n) is 7.02. The predicted molar refractivity (Wildman–Crippen MR) is 79.0 cm³/mol. The van der Waals surface area contributed by atoms with Crippen molar-refractivity contribution in [3.05, 3.63) is 0 Å². The Balaban J connectivity index is 4.32. The molecule has 0 saturated carbocycles. The summed E-state index contributed by atoms with van der Waals surface area (Å²) in [5.74, 6) is 0. The first-order chi connectivity index (χ1) is 8.18. The number of likely N-dealkylation sites (N-methyl/N-ethyl adjacent to an activating group) is 2. The number of aliphatic hydroxyl groups is 1. The van der Waals surface area contributed by atoms with Crippen LogP contribution in [0.3, 0.4) is 0 Å². The molecule has 0 aromatic heterocycles. The van der Waals surface area contributed by atoms with Gasteiger partial charge in [0.05, 0.1) is 5.60 Å². The van der Waals surface area contributed by atoms with Crippen LogP contribution in [0.5, 0.6) is 0 Å². The van der Waals surface area contributed by atoms with Gasteiger partial charge in [-0.15, -0.1) is 0 Å². The zero-order valence-corrected chi connectivity index (χ0v) is 13.3. The molecular weight excluding hydrogens is 226 g/mol. The Morgan fingerprint density at radius 2 is 1.78 bits per heavy atom. The summed E-state index contributed by atoms with van der Waals surface area (Å²) in [5.41, 5.74) is -0.680. The molecule has 0 rings (SSSR count). The van der Waals surface area contributed by atoms with Gasteiger partial charge in [-0.1, -0.05) is 20.8 Å². The normalized spacial score (nSPS) is 17.5. The van der Waals surface area contributed by atoms with E-state index in [2.05, 4.69) is 56.9 Å². The lowest BCUT2D eigenvalue weighted by Crippen LogP contribution is -2.52. The van der Waals surface area contributed by atoms with Crippen LogP contribution in [0.25, 0.3) is 0 Å². The molecule has 0 radical (unpaired) electrons. The third kappa shape index (κ3) is 8.03. The van der Waals surface area contributed by atoms with Crippen LogP contribution in [-0.2, 0) is 0 Å². The molecule has 18 heavy (non-hydrogen) atoms. The number of rotatable bonds is 9. The second kappa shape index (κ2) is 8.10. The van der Waals surface area contributed by atoms with Crippen molar-refractivity contribution < 1.29 is 5.11 Å². The highest BCUT2D eigenvalue weighted by molar-refractivity contribution is 4.83. The minimum atomic E-state index is -0.680. The molecule has 0 aliphatic heterocycles. The fourth-order valence-electron chi connectivity index (χ4n) is 2.14. The molecule has 0 amide bonds. The monoisotopic (exact) mass is 259 g/mol. The average Bonchev–Trinajstić information content (AvgIpc) is 2.22. The smallest absolute Gasteiger partial charge is 0.0869 e. The van der Waals surface area contributed by atoms with Gasteiger partial charge in [-0.2, -0.15) is 0 Å². The minimum Gasteiger partial charge on any atom is -0.388 e. The van der Waals surface area contributed by atoms with Gasteiger partial charge in [0, 0.05) is 31.7 Å². The summed E-state index contributed by atoms with van der Waals surface area (Å²) in [6.45, 7) is 13.8. The van der Waals surface area contributed by atoms with Crippen LogP contribution in [0.1, 0.15) is 34.6 Å². The van der Waals surface area contributed by atoms with E-state index in [1.807, 2.05) is 6.92 Å². The molecular formula is C14H33N3O. The van der Waals surface area contributed by atoms with Gasteiger partial charge in [0.1, 0.15) is 0 Å². The molecule has 0 aliphatic rings. The van der Waals surface area contributed by atoms with E-state index in [0.717, 1.165) is 13.1 Å². The fraction of sp³-hybridized carbons (Fsp3) is 1.00. The Bertz CT molecular complexity index is 217. The molecule has 0 fully saturated rings. The van der Waals surface area contributed by atoms with E-state index in [4.69, 9.17) is 0 Å². The van der Waals surface area contributed by atoms with Crippen LogP contribution in [0.2, 0.25) is 0 Å². The average molecular weight is 259 g/mol. The van der Waals surface area contributed by atoms with Crippen molar-refractivity contribution >= 4 is 0 Å². The Morgan fingerprint density at radius 1 is 1.22 bits per heavy atom. The van der Waals surface area contributed by atoms with Crippen molar-refractivity contribution in [2.24, 2.45) is 0 Å². The van der Waals surface area contributed by atoms with Gasteiger partial charge in [-0.3, -0.25) is 4.90 Å². The Labute approximate surface area is 113 Å². The number of nitrogens with zero attached hydrogens (tertiary/aromatic N) is 2. The molecule has 0 saturated heterocycles. The molecule has 0 bridgehead atoms. The van der Waals surface area contributed by atoms with Gasteiger partial charge in [0.15, 0.2) is 0 Å². The van der Waals surface area contributed by atoms with Crippen LogP contribution in [0.4, 0.5) is 0 Å². The quantitative estimate of drug-likeness (QED) is 0.648. The molecule has 4 heteroatoms. The summed E-state index contributed by atoms with van der Waals surface area (Å²) in [7, 11) is 4.17. The Morgan fingerprint density at radius 3 is 2.17 bits per heavy atom. The van der Waals surface area contributed by atoms with E-state index in [9.17, 15) is 5.11 Å². The number of hydrogen-bond acceptors (Lipinski definition) is 4. The standard InChI is InChI=1S/C14H33N3O/c1-8-17(13(4)9-16(6)7)11-14(5,18)10-15-12(2)3/h12-13,15,18H,8-11H2,1-7H3. The highest BCUT2D eigenvalue weighted by Crippen LogP contribution is 2.09. The van der Waals surface area contributed by atoms with Crippen molar-refractivity contribution in [3.63, 3.8) is 0 Å². The van der Waals surface area contributed by atoms with E-state index < -0.39 is 5.60 Å². The highest BCUT2D eigenvalue weighted by Gasteiger charge is 2.26. The van der Waals surface area contributed by atoms with Gasteiger partial charge in [0.2, 0.25) is 0 Å². The van der Waals surface area contributed by atoms with Gasteiger partial charge in [0.25, 0.3) is 0 Å². The van der Waals surface area contributed by atoms with Crippen molar-refractivity contribution in [2.45, 2.75) is 52.3 Å². The topological polar surface area (TPSA) is 38.7 Å². The summed E-state index contributed by atoms with van der Waals surface area (Å²) in [4.78, 5) is 4.52. The highest BCUT2D eigenvalue weighted by atomic mass is 16.3. The first-order valence-corrected chi connectivity index (χ1v) is 7.02. The van der Waals surface area contributed by atoms with Crippen LogP contribution in [-0.4, -0.2) is 72.9 Å². The fourth-order valence-corrected chi connectivity index (χ4v) is 2.14. The number of nitrogens with one attached hydrogen (secondary N) is 1. The van der Waals surface area contributed by atoms with E-state index in [-0.39, 0.29) is 0 Å². The lowest BCUT2D eigenvalue weighted by atomic mass is 10.0. The third-order valence-corrected chi connectivity index (χ3v) is 3.09. The van der Waals surface area contributed by atoms with E-state index in [1.54, 1.807) is 0 Å². The van der Waals surface area contributed by atoms with E-state index >= 15 is 0 Å². The zero-order chi connectivity index (χ0) is 14.3.